The third-order valence-corrected chi connectivity index (χ3v) is 3.50. The molecule has 0 aliphatic carbocycles. The molecule has 1 heterocycles. The van der Waals surface area contributed by atoms with Crippen molar-refractivity contribution in [3.8, 4) is 17.1 Å². The Balaban J connectivity index is 2.01. The normalized spacial score (nSPS) is 13.2. The van der Waals surface area contributed by atoms with Crippen LogP contribution in [0.1, 0.15) is 0 Å². The van der Waals surface area contributed by atoms with Gasteiger partial charge >= 0.3 is 6.18 Å². The molecule has 9 heteroatoms. The summed E-state index contributed by atoms with van der Waals surface area (Å²) in [7, 11) is 1.55. The number of hydrogen-bond donors (Lipinski definition) is 2. The number of ether oxygens (including phenoxy) is 1. The number of thioether (sulfide) groups is 1. The molecule has 0 fully saturated rings. The van der Waals surface area contributed by atoms with Gasteiger partial charge in [0.2, 0.25) is 5.16 Å². The average molecular weight is 319 g/mol. The molecule has 0 spiro atoms. The van der Waals surface area contributed by atoms with E-state index in [0.29, 0.717) is 11.6 Å². The second kappa shape index (κ2) is 6.35. The fraction of sp³-hybridized carbons (Fsp3) is 0.333. The second-order valence-corrected chi connectivity index (χ2v) is 5.05. The molecule has 0 radical (unpaired) electrons. The summed E-state index contributed by atoms with van der Waals surface area (Å²) in [6.07, 6.45) is -7.03. The Morgan fingerprint density at radius 2 is 2.00 bits per heavy atom. The first-order chi connectivity index (χ1) is 9.90. The van der Waals surface area contributed by atoms with Crippen molar-refractivity contribution in [3.63, 3.8) is 0 Å². The number of aliphatic hydroxyl groups excluding tert-OH is 1. The lowest BCUT2D eigenvalue weighted by Crippen LogP contribution is -2.30. The third kappa shape index (κ3) is 4.11. The lowest BCUT2D eigenvalue weighted by Gasteiger charge is -2.12. The molecule has 0 aliphatic heterocycles. The Morgan fingerprint density at radius 1 is 1.33 bits per heavy atom. The highest BCUT2D eigenvalue weighted by atomic mass is 32.2. The van der Waals surface area contributed by atoms with E-state index in [2.05, 4.69) is 15.2 Å². The molecule has 0 amide bonds. The summed E-state index contributed by atoms with van der Waals surface area (Å²) in [5.74, 6) is 0.562. The maximum Gasteiger partial charge on any atom is 0.415 e. The van der Waals surface area contributed by atoms with Gasteiger partial charge < -0.3 is 9.84 Å². The van der Waals surface area contributed by atoms with Crippen molar-refractivity contribution in [1.82, 2.24) is 15.2 Å². The molecule has 2 aromatic rings. The van der Waals surface area contributed by atoms with Gasteiger partial charge in [-0.3, -0.25) is 5.10 Å². The van der Waals surface area contributed by atoms with Crippen LogP contribution in [0.25, 0.3) is 11.4 Å². The van der Waals surface area contributed by atoms with Gasteiger partial charge in [0.05, 0.1) is 7.11 Å². The quantitative estimate of drug-likeness (QED) is 0.829. The van der Waals surface area contributed by atoms with E-state index in [1.54, 1.807) is 31.4 Å². The number of rotatable bonds is 5. The molecular weight excluding hydrogens is 307 g/mol. The molecule has 0 unspecified atom stereocenters. The molecule has 1 aromatic heterocycles. The van der Waals surface area contributed by atoms with Crippen molar-refractivity contribution in [2.45, 2.75) is 17.4 Å². The smallest absolute Gasteiger partial charge is 0.415 e. The number of aromatic amines is 1. The molecule has 114 valence electrons. The van der Waals surface area contributed by atoms with Gasteiger partial charge in [-0.15, -0.1) is 5.10 Å². The van der Waals surface area contributed by atoms with Crippen LogP contribution in [0.5, 0.6) is 5.75 Å². The van der Waals surface area contributed by atoms with Crippen LogP contribution < -0.4 is 4.74 Å². The highest BCUT2D eigenvalue weighted by molar-refractivity contribution is 7.99. The van der Waals surface area contributed by atoms with Gasteiger partial charge in [-0.1, -0.05) is 11.8 Å². The summed E-state index contributed by atoms with van der Waals surface area (Å²) in [5.41, 5.74) is 0.728. The van der Waals surface area contributed by atoms with Crippen molar-refractivity contribution >= 4 is 11.8 Å². The van der Waals surface area contributed by atoms with Gasteiger partial charge in [0.1, 0.15) is 5.75 Å². The van der Waals surface area contributed by atoms with Crippen LogP contribution in [-0.4, -0.2) is 45.4 Å². The summed E-state index contributed by atoms with van der Waals surface area (Å²) >= 11 is 0.730. The first-order valence-electron chi connectivity index (χ1n) is 5.84. The summed E-state index contributed by atoms with van der Waals surface area (Å²) in [5, 5.41) is 15.5. The fourth-order valence-electron chi connectivity index (χ4n) is 1.44. The lowest BCUT2D eigenvalue weighted by atomic mass is 10.2. The number of halogens is 3. The van der Waals surface area contributed by atoms with Crippen LogP contribution in [-0.2, 0) is 0 Å². The zero-order valence-corrected chi connectivity index (χ0v) is 11.7. The summed E-state index contributed by atoms with van der Waals surface area (Å²) in [4.78, 5) is 4.07. The Bertz CT molecular complexity index is 586. The largest absolute Gasteiger partial charge is 0.497 e. The molecule has 2 rings (SSSR count). The number of methoxy groups -OCH3 is 1. The van der Waals surface area contributed by atoms with Crippen molar-refractivity contribution in [2.24, 2.45) is 0 Å². The summed E-state index contributed by atoms with van der Waals surface area (Å²) in [6, 6.07) is 6.97. The molecule has 1 atom stereocenters. The van der Waals surface area contributed by atoms with Crippen LogP contribution >= 0.6 is 11.8 Å². The number of nitrogens with one attached hydrogen (secondary N) is 1. The molecule has 1 aromatic carbocycles. The Morgan fingerprint density at radius 3 is 2.57 bits per heavy atom. The summed E-state index contributed by atoms with van der Waals surface area (Å²) in [6.45, 7) is 0. The van der Waals surface area contributed by atoms with E-state index in [1.807, 2.05) is 0 Å². The first kappa shape index (κ1) is 15.6. The minimum Gasteiger partial charge on any atom is -0.497 e. The number of benzene rings is 1. The SMILES string of the molecule is COc1ccc(-c2nc(SC[C@H](O)C(F)(F)F)n[nH]2)cc1. The molecule has 0 saturated heterocycles. The van der Waals surface area contributed by atoms with Crippen LogP contribution in [0, 0.1) is 0 Å². The number of H-pyrrole nitrogens is 1. The second-order valence-electron chi connectivity index (χ2n) is 4.06. The molecule has 2 N–H and O–H groups in total. The van der Waals surface area contributed by atoms with Crippen LogP contribution in [0.15, 0.2) is 29.4 Å². The van der Waals surface area contributed by atoms with Crippen molar-refractivity contribution in [3.05, 3.63) is 24.3 Å². The van der Waals surface area contributed by atoms with E-state index in [-0.39, 0.29) is 5.16 Å². The van der Waals surface area contributed by atoms with Crippen molar-refractivity contribution in [1.29, 1.82) is 0 Å². The zero-order valence-electron chi connectivity index (χ0n) is 10.9. The standard InChI is InChI=1S/C12H12F3N3O2S/c1-20-8-4-2-7(3-5-8)10-16-11(18-17-10)21-6-9(19)12(13,14)15/h2-5,9,19H,6H2,1H3,(H,16,17,18)/t9-/m0/s1. The number of aliphatic hydroxyl groups is 1. The van der Waals surface area contributed by atoms with Crippen molar-refractivity contribution < 1.29 is 23.0 Å². The minimum absolute atomic E-state index is 0.143. The zero-order chi connectivity index (χ0) is 15.5. The lowest BCUT2D eigenvalue weighted by molar-refractivity contribution is -0.195. The average Bonchev–Trinajstić information content (AvgIpc) is 2.92. The van der Waals surface area contributed by atoms with Gasteiger partial charge in [-0.05, 0) is 24.3 Å². The predicted octanol–water partition coefficient (Wildman–Crippen LogP) is 2.50. The maximum absolute atomic E-state index is 12.2. The molecule has 0 bridgehead atoms. The molecular formula is C12H12F3N3O2S. The van der Waals surface area contributed by atoms with Crippen LogP contribution in [0.3, 0.4) is 0 Å². The van der Waals surface area contributed by atoms with E-state index in [1.165, 1.54) is 0 Å². The van der Waals surface area contributed by atoms with Gasteiger partial charge in [-0.25, -0.2) is 4.98 Å². The predicted molar refractivity (Wildman–Crippen MR) is 71.2 cm³/mol. The Hall–Kier alpha value is -1.74. The molecule has 21 heavy (non-hydrogen) atoms. The fourth-order valence-corrected chi connectivity index (χ4v) is 2.20. The van der Waals surface area contributed by atoms with E-state index < -0.39 is 18.0 Å². The van der Waals surface area contributed by atoms with Crippen molar-refractivity contribution in [2.75, 3.05) is 12.9 Å². The number of aromatic nitrogens is 3. The number of alkyl halides is 3. The maximum atomic E-state index is 12.2. The summed E-state index contributed by atoms with van der Waals surface area (Å²) < 4.78 is 41.5. The van der Waals surface area contributed by atoms with Gasteiger partial charge in [0.15, 0.2) is 11.9 Å². The number of hydrogen-bond acceptors (Lipinski definition) is 5. The molecule has 0 saturated carbocycles. The van der Waals surface area contributed by atoms with E-state index in [0.717, 1.165) is 17.3 Å². The third-order valence-electron chi connectivity index (χ3n) is 2.58. The van der Waals surface area contributed by atoms with Gasteiger partial charge in [0.25, 0.3) is 0 Å². The highest BCUT2D eigenvalue weighted by Crippen LogP contribution is 2.26. The molecule has 5 nitrogen and oxygen atoms in total. The first-order valence-corrected chi connectivity index (χ1v) is 6.83. The molecule has 0 aliphatic rings. The minimum atomic E-state index is -4.64. The Kier molecular flexibility index (Phi) is 4.73. The highest BCUT2D eigenvalue weighted by Gasteiger charge is 2.38. The monoisotopic (exact) mass is 319 g/mol. The van der Waals surface area contributed by atoms with E-state index in [9.17, 15) is 13.2 Å². The van der Waals surface area contributed by atoms with E-state index >= 15 is 0 Å². The van der Waals surface area contributed by atoms with E-state index in [4.69, 9.17) is 9.84 Å². The van der Waals surface area contributed by atoms with Gasteiger partial charge in [0, 0.05) is 11.3 Å². The van der Waals surface area contributed by atoms with Crippen LogP contribution in [0.2, 0.25) is 0 Å². The van der Waals surface area contributed by atoms with Gasteiger partial charge in [-0.2, -0.15) is 13.2 Å². The van der Waals surface area contributed by atoms with Crippen LogP contribution in [0.4, 0.5) is 13.2 Å². The Labute approximate surface area is 122 Å². The number of nitrogens with zero attached hydrogens (tertiary/aromatic N) is 2. The topological polar surface area (TPSA) is 71.0 Å².